The van der Waals surface area contributed by atoms with E-state index in [2.05, 4.69) is 9.29 Å². The summed E-state index contributed by atoms with van der Waals surface area (Å²) < 4.78 is 19.3. The molecule has 1 N–H and O–H groups in total. The van der Waals surface area contributed by atoms with Gasteiger partial charge in [-0.3, -0.25) is 4.52 Å². The smallest absolute Gasteiger partial charge is 0.307 e. The van der Waals surface area contributed by atoms with Gasteiger partial charge >= 0.3 is 7.75 Å². The predicted octanol–water partition coefficient (Wildman–Crippen LogP) is 2.29. The molecule has 0 fully saturated rings. The lowest BCUT2D eigenvalue weighted by atomic mass is 10.5. The van der Waals surface area contributed by atoms with Crippen LogP contribution < -0.4 is 0 Å². The van der Waals surface area contributed by atoms with E-state index in [0.29, 0.717) is 11.5 Å². The summed E-state index contributed by atoms with van der Waals surface area (Å²) in [6, 6.07) is 0. The Morgan fingerprint density at radius 3 is 2.58 bits per heavy atom. The van der Waals surface area contributed by atoms with Crippen LogP contribution in [0.3, 0.4) is 0 Å². The quantitative estimate of drug-likeness (QED) is 0.440. The van der Waals surface area contributed by atoms with Crippen molar-refractivity contribution in [3.63, 3.8) is 0 Å². The van der Waals surface area contributed by atoms with Crippen LogP contribution in [-0.4, -0.2) is 22.8 Å². The topological polar surface area (TPSA) is 58.9 Å². The molecule has 0 aliphatic carbocycles. The van der Waals surface area contributed by atoms with Crippen LogP contribution in [0.25, 0.3) is 0 Å². The zero-order valence-corrected chi connectivity index (χ0v) is 9.19. The molecule has 0 heterocycles. The zero-order chi connectivity index (χ0) is 9.61. The highest BCUT2D eigenvalue weighted by Crippen LogP contribution is 2.44. The third-order valence-corrected chi connectivity index (χ3v) is 3.15. The van der Waals surface area contributed by atoms with Crippen LogP contribution in [0.15, 0.2) is 4.76 Å². The Kier molecular flexibility index (Phi) is 5.84. The Balaban J connectivity index is 4.36. The maximum absolute atomic E-state index is 11.1. The zero-order valence-electron chi connectivity index (χ0n) is 7.48. The van der Waals surface area contributed by atoms with Crippen molar-refractivity contribution in [1.29, 1.82) is 0 Å². The maximum atomic E-state index is 11.1. The SMILES string of the molecule is CCOP(=O)(O)N=C(CC)SC. The predicted molar refractivity (Wildman–Crippen MR) is 52.7 cm³/mol. The van der Waals surface area contributed by atoms with E-state index in [1.807, 2.05) is 13.2 Å². The summed E-state index contributed by atoms with van der Waals surface area (Å²) in [5.74, 6) is 0. The summed E-state index contributed by atoms with van der Waals surface area (Å²) in [6.45, 7) is 3.73. The molecule has 0 radical (unpaired) electrons. The highest BCUT2D eigenvalue weighted by atomic mass is 32.2. The molecule has 0 aromatic rings. The maximum Gasteiger partial charge on any atom is 0.451 e. The molecule has 0 spiro atoms. The average Bonchev–Trinajstić information content (AvgIpc) is 2.00. The van der Waals surface area contributed by atoms with E-state index in [1.54, 1.807) is 6.92 Å². The van der Waals surface area contributed by atoms with E-state index in [0.717, 1.165) is 0 Å². The molecule has 4 nitrogen and oxygen atoms in total. The van der Waals surface area contributed by atoms with E-state index in [4.69, 9.17) is 4.89 Å². The molecule has 0 aliphatic rings. The Labute approximate surface area is 77.0 Å². The average molecular weight is 211 g/mol. The van der Waals surface area contributed by atoms with Gasteiger partial charge in [0, 0.05) is 0 Å². The minimum atomic E-state index is -3.71. The molecule has 0 bridgehead atoms. The van der Waals surface area contributed by atoms with Crippen molar-refractivity contribution in [3.05, 3.63) is 0 Å². The molecule has 72 valence electrons. The molecule has 1 atom stereocenters. The van der Waals surface area contributed by atoms with Gasteiger partial charge in [-0.05, 0) is 19.6 Å². The molecule has 0 aliphatic heterocycles. The van der Waals surface area contributed by atoms with Gasteiger partial charge in [-0.25, -0.2) is 4.57 Å². The van der Waals surface area contributed by atoms with Gasteiger partial charge in [-0.1, -0.05) is 6.92 Å². The van der Waals surface area contributed by atoms with E-state index < -0.39 is 7.75 Å². The molecule has 0 amide bonds. The summed E-state index contributed by atoms with van der Waals surface area (Å²) in [4.78, 5) is 9.08. The van der Waals surface area contributed by atoms with Gasteiger partial charge in [0.2, 0.25) is 0 Å². The Morgan fingerprint density at radius 1 is 1.67 bits per heavy atom. The first-order chi connectivity index (χ1) is 5.55. The van der Waals surface area contributed by atoms with Crippen molar-refractivity contribution in [2.75, 3.05) is 12.9 Å². The van der Waals surface area contributed by atoms with Gasteiger partial charge in [-0.2, -0.15) is 4.76 Å². The van der Waals surface area contributed by atoms with Crippen LogP contribution in [0, 0.1) is 0 Å². The molecule has 0 rings (SSSR count). The van der Waals surface area contributed by atoms with Gasteiger partial charge in [-0.15, -0.1) is 11.8 Å². The van der Waals surface area contributed by atoms with E-state index in [1.165, 1.54) is 11.8 Å². The second kappa shape index (κ2) is 5.75. The molecular weight excluding hydrogens is 197 g/mol. The lowest BCUT2D eigenvalue weighted by Crippen LogP contribution is -1.91. The molecule has 6 heteroatoms. The minimum absolute atomic E-state index is 0.197. The molecular formula is C6H14NO3PS. The van der Waals surface area contributed by atoms with Crippen molar-refractivity contribution in [2.24, 2.45) is 4.76 Å². The van der Waals surface area contributed by atoms with Crippen molar-refractivity contribution in [1.82, 2.24) is 0 Å². The van der Waals surface area contributed by atoms with Crippen LogP contribution in [-0.2, 0) is 9.09 Å². The fourth-order valence-corrected chi connectivity index (χ4v) is 2.34. The lowest BCUT2D eigenvalue weighted by molar-refractivity contribution is 0.275. The highest BCUT2D eigenvalue weighted by Gasteiger charge is 2.17. The first kappa shape index (κ1) is 12.2. The summed E-state index contributed by atoms with van der Waals surface area (Å²) in [7, 11) is -3.71. The van der Waals surface area contributed by atoms with Crippen molar-refractivity contribution >= 4 is 24.6 Å². The first-order valence-electron chi connectivity index (χ1n) is 3.66. The summed E-state index contributed by atoms with van der Waals surface area (Å²) in [6.07, 6.45) is 2.47. The summed E-state index contributed by atoms with van der Waals surface area (Å²) in [5.41, 5.74) is 0. The van der Waals surface area contributed by atoms with Crippen LogP contribution in [0.4, 0.5) is 0 Å². The number of hydrogen-bond acceptors (Lipinski definition) is 3. The van der Waals surface area contributed by atoms with Gasteiger partial charge in [0.15, 0.2) is 0 Å². The second-order valence-electron chi connectivity index (χ2n) is 1.96. The summed E-state index contributed by atoms with van der Waals surface area (Å²) >= 11 is 1.36. The van der Waals surface area contributed by atoms with Crippen LogP contribution >= 0.6 is 19.5 Å². The van der Waals surface area contributed by atoms with Gasteiger partial charge < -0.3 is 4.89 Å². The normalized spacial score (nSPS) is 17.5. The lowest BCUT2D eigenvalue weighted by Gasteiger charge is -2.06. The Hall–Kier alpha value is 0.170. The fourth-order valence-electron chi connectivity index (χ4n) is 0.594. The van der Waals surface area contributed by atoms with Crippen LogP contribution in [0.5, 0.6) is 0 Å². The molecule has 0 aromatic carbocycles. The van der Waals surface area contributed by atoms with Crippen molar-refractivity contribution in [2.45, 2.75) is 20.3 Å². The molecule has 0 saturated heterocycles. The molecule has 12 heavy (non-hydrogen) atoms. The number of rotatable bonds is 4. The van der Waals surface area contributed by atoms with Crippen LogP contribution in [0.1, 0.15) is 20.3 Å². The van der Waals surface area contributed by atoms with E-state index in [9.17, 15) is 4.57 Å². The highest BCUT2D eigenvalue weighted by molar-refractivity contribution is 8.13. The monoisotopic (exact) mass is 211 g/mol. The van der Waals surface area contributed by atoms with Crippen molar-refractivity contribution < 1.29 is 14.0 Å². The van der Waals surface area contributed by atoms with Gasteiger partial charge in [0.05, 0.1) is 11.7 Å². The number of nitrogens with zero attached hydrogens (tertiary/aromatic N) is 1. The van der Waals surface area contributed by atoms with Crippen molar-refractivity contribution in [3.8, 4) is 0 Å². The number of thioether (sulfide) groups is 1. The van der Waals surface area contributed by atoms with Gasteiger partial charge in [0.1, 0.15) is 0 Å². The largest absolute Gasteiger partial charge is 0.451 e. The van der Waals surface area contributed by atoms with E-state index in [-0.39, 0.29) is 6.61 Å². The number of hydrogen-bond donors (Lipinski definition) is 1. The summed E-state index contributed by atoms with van der Waals surface area (Å²) in [5, 5.41) is 0.634. The Morgan fingerprint density at radius 2 is 2.25 bits per heavy atom. The first-order valence-corrected chi connectivity index (χ1v) is 6.41. The third kappa shape index (κ3) is 4.93. The molecule has 1 unspecified atom stereocenters. The fraction of sp³-hybridized carbons (Fsp3) is 0.833. The Bertz CT molecular complexity index is 201. The third-order valence-electron chi connectivity index (χ3n) is 1.07. The standard InChI is InChI=1S/C6H14NO3PS/c1-4-6(12-3)7-11(8,9)10-5-2/h4-5H2,1-3H3,(H,8,9). The minimum Gasteiger partial charge on any atom is -0.307 e. The molecule has 0 aromatic heterocycles. The second-order valence-corrected chi connectivity index (χ2v) is 4.28. The van der Waals surface area contributed by atoms with E-state index >= 15 is 0 Å². The van der Waals surface area contributed by atoms with Crippen LogP contribution in [0.2, 0.25) is 0 Å². The van der Waals surface area contributed by atoms with Gasteiger partial charge in [0.25, 0.3) is 0 Å². The molecule has 0 saturated carbocycles.